The molecule has 0 radical (unpaired) electrons. The minimum Gasteiger partial charge on any atom is -0.461 e. The molecule has 0 heterocycles. The zero-order chi connectivity index (χ0) is 52.2. The van der Waals surface area contributed by atoms with Crippen molar-refractivity contribution in [3.8, 4) is 0 Å². The summed E-state index contributed by atoms with van der Waals surface area (Å²) in [6.07, 6.45) is 38.8. The summed E-state index contributed by atoms with van der Waals surface area (Å²) in [6.45, 7) is 14.6. The van der Waals surface area contributed by atoms with Crippen molar-refractivity contribution in [3.63, 3.8) is 0 Å². The van der Waals surface area contributed by atoms with Crippen LogP contribution in [0.25, 0.3) is 0 Å². The van der Waals surface area contributed by atoms with Crippen LogP contribution in [0.5, 0.6) is 0 Å². The summed E-state index contributed by atoms with van der Waals surface area (Å²) in [5.41, 5.74) is 0. The quantitative estimate of drug-likeness (QED) is 0.0385. The summed E-state index contributed by atoms with van der Waals surface area (Å²) in [7, 11) is -2.99. The third-order valence-corrected chi connectivity index (χ3v) is 21.8. The summed E-state index contributed by atoms with van der Waals surface area (Å²) in [5, 5.41) is 6.02. The van der Waals surface area contributed by atoms with Gasteiger partial charge in [-0.3, -0.25) is 9.59 Å². The lowest BCUT2D eigenvalue weighted by Gasteiger charge is -2.41. The predicted octanol–water partition coefficient (Wildman–Crippen LogP) is 17.1. The van der Waals surface area contributed by atoms with Gasteiger partial charge >= 0.3 is 11.9 Å². The van der Waals surface area contributed by atoms with Gasteiger partial charge in [-0.05, 0) is 111 Å². The Labute approximate surface area is 454 Å². The van der Waals surface area contributed by atoms with Gasteiger partial charge in [-0.25, -0.2) is 0 Å². The highest BCUT2D eigenvalue weighted by atomic mass is 32.2. The van der Waals surface area contributed by atoms with Gasteiger partial charge in [0.15, 0.2) is 0 Å². The number of thioether (sulfide) groups is 2. The molecular formula is C63H111NO5S2Si. The average Bonchev–Trinajstić information content (AvgIpc) is 3.38. The Kier molecular flexibility index (Phi) is 40.9. The fourth-order valence-corrected chi connectivity index (χ4v) is 16.1. The maximum Gasteiger partial charge on any atom is 0.306 e. The second-order valence-corrected chi connectivity index (χ2v) is 28.1. The van der Waals surface area contributed by atoms with E-state index >= 15 is 0 Å². The molecule has 2 aromatic rings. The lowest BCUT2D eigenvalue weighted by molar-refractivity contribution is -0.149. The van der Waals surface area contributed by atoms with Crippen LogP contribution < -0.4 is 15.7 Å². The smallest absolute Gasteiger partial charge is 0.306 e. The first-order valence-corrected chi connectivity index (χ1v) is 34.5. The van der Waals surface area contributed by atoms with Crippen LogP contribution in [0.2, 0.25) is 5.04 Å². The van der Waals surface area contributed by atoms with Crippen LogP contribution in [0, 0.1) is 0 Å². The first-order valence-electron chi connectivity index (χ1n) is 30.2. The first-order chi connectivity index (χ1) is 35.1. The van der Waals surface area contributed by atoms with Crippen LogP contribution in [-0.4, -0.2) is 72.9 Å². The molecule has 0 saturated heterocycles. The van der Waals surface area contributed by atoms with Gasteiger partial charge < -0.3 is 19.6 Å². The van der Waals surface area contributed by atoms with E-state index in [1.807, 2.05) is 35.7 Å². The Hall–Kier alpha value is -1.78. The van der Waals surface area contributed by atoms with Crippen LogP contribution in [0.1, 0.15) is 260 Å². The summed E-state index contributed by atoms with van der Waals surface area (Å²) in [5.74, 6) is 4.15. The molecule has 2 unspecified atom stereocenters. The molecule has 6 nitrogen and oxygen atoms in total. The number of esters is 2. The minimum absolute atomic E-state index is 0.0110. The van der Waals surface area contributed by atoms with Gasteiger partial charge in [0.2, 0.25) is 0 Å². The maximum absolute atomic E-state index is 12.7. The van der Waals surface area contributed by atoms with Crippen LogP contribution in [-0.2, 0) is 19.1 Å². The normalized spacial score (nSPS) is 13.3. The highest BCUT2D eigenvalue weighted by Crippen LogP contribution is 2.40. The number of benzene rings is 2. The molecule has 72 heavy (non-hydrogen) atoms. The van der Waals surface area contributed by atoms with Gasteiger partial charge in [-0.15, -0.1) is 0 Å². The molecule has 2 N–H and O–H groups in total. The number of hydrogen-bond acceptors (Lipinski definition) is 8. The molecule has 0 spiro atoms. The van der Waals surface area contributed by atoms with Crippen LogP contribution in [0.4, 0.5) is 0 Å². The highest BCUT2D eigenvalue weighted by molar-refractivity contribution is 7.99. The summed E-state index contributed by atoms with van der Waals surface area (Å²) >= 11 is 3.98. The van der Waals surface area contributed by atoms with Crippen LogP contribution in [0.3, 0.4) is 0 Å². The Bertz CT molecular complexity index is 1450. The van der Waals surface area contributed by atoms with Crippen LogP contribution in [0.15, 0.2) is 60.7 Å². The molecule has 0 aliphatic rings. The molecule has 0 aliphatic heterocycles. The molecule has 2 atom stereocenters. The number of nitrogens with one attached hydrogen (secondary N) is 1. The number of ether oxygens (including phenoxy) is 2. The van der Waals surface area contributed by atoms with Crippen molar-refractivity contribution in [2.45, 2.75) is 283 Å². The monoisotopic (exact) mass is 1050 g/mol. The second kappa shape index (κ2) is 44.4. The number of rotatable bonds is 50. The van der Waals surface area contributed by atoms with E-state index in [1.54, 1.807) is 0 Å². The average molecular weight is 1050 g/mol. The van der Waals surface area contributed by atoms with Gasteiger partial charge in [-0.1, -0.05) is 231 Å². The van der Waals surface area contributed by atoms with Crippen molar-refractivity contribution in [1.29, 1.82) is 0 Å². The Morgan fingerprint density at radius 3 is 1.31 bits per heavy atom. The van der Waals surface area contributed by atoms with E-state index in [0.717, 1.165) is 117 Å². The lowest BCUT2D eigenvalue weighted by atomic mass is 10.0. The molecule has 414 valence electrons. The van der Waals surface area contributed by atoms with Crippen molar-refractivity contribution in [2.75, 3.05) is 29.6 Å². The van der Waals surface area contributed by atoms with Gasteiger partial charge in [0.1, 0.15) is 12.2 Å². The van der Waals surface area contributed by atoms with Crippen molar-refractivity contribution >= 4 is 54.2 Å². The van der Waals surface area contributed by atoms with Crippen molar-refractivity contribution in [2.24, 2.45) is 0 Å². The van der Waals surface area contributed by atoms with Gasteiger partial charge in [0.05, 0.1) is 0 Å². The molecular weight excluding hydrogens is 943 g/mol. The summed E-state index contributed by atoms with van der Waals surface area (Å²) in [6, 6.07) is 21.4. The number of carbonyl (C=O) groups excluding carboxylic acids is 2. The summed E-state index contributed by atoms with van der Waals surface area (Å²) < 4.78 is 12.1. The SMILES string of the molecule is CCCCCCCC(=O)OC(CCCCCC)CSCCCCCC(CCCCCSCC(CCCCCC)OC(=O)CCCCCCC)NCCCCCC(C)(C)[Si](O)(c1ccccc1)c1ccccc1. The highest BCUT2D eigenvalue weighted by Gasteiger charge is 2.49. The molecule has 0 aromatic heterocycles. The van der Waals surface area contributed by atoms with E-state index in [-0.39, 0.29) is 29.2 Å². The zero-order valence-electron chi connectivity index (χ0n) is 47.5. The summed E-state index contributed by atoms with van der Waals surface area (Å²) in [4.78, 5) is 38.1. The Morgan fingerprint density at radius 1 is 0.500 bits per heavy atom. The molecule has 2 aromatic carbocycles. The van der Waals surface area contributed by atoms with Crippen molar-refractivity contribution in [3.05, 3.63) is 60.7 Å². The fraction of sp³-hybridized carbons (Fsp3) is 0.778. The lowest BCUT2D eigenvalue weighted by Crippen LogP contribution is -2.65. The van der Waals surface area contributed by atoms with Gasteiger partial charge in [-0.2, -0.15) is 23.5 Å². The van der Waals surface area contributed by atoms with Gasteiger partial charge in [0, 0.05) is 30.4 Å². The van der Waals surface area contributed by atoms with Crippen molar-refractivity contribution in [1.82, 2.24) is 5.32 Å². The third-order valence-electron chi connectivity index (χ3n) is 14.9. The standard InChI is InChI=1S/C63H111NO5S2Si/c1-7-11-15-19-34-48-61(65)68-57(42-28-17-13-9-3)54-70-52-38-23-26-40-56(41-27-24-39-53-71-55-58(43-29-18-14-10-4)69-62(66)49-35-20-16-12-8-2)64-51-37-25-36-50-63(5,6)72(67,59-44-30-21-31-45-59)60-46-32-22-33-47-60/h21-22,30-33,44-47,56-58,64,67H,7-20,23-29,34-43,48-55H2,1-6H3. The van der Waals surface area contributed by atoms with Crippen LogP contribution >= 0.6 is 23.5 Å². The molecule has 0 aliphatic carbocycles. The number of carbonyl (C=O) groups is 2. The molecule has 0 bridgehead atoms. The molecule has 0 fully saturated rings. The van der Waals surface area contributed by atoms with E-state index in [2.05, 4.69) is 95.4 Å². The topological polar surface area (TPSA) is 84.9 Å². The van der Waals surface area contributed by atoms with Gasteiger partial charge in [0.25, 0.3) is 8.32 Å². The van der Waals surface area contributed by atoms with E-state index in [0.29, 0.717) is 18.9 Å². The number of unbranched alkanes of at least 4 members (excludes halogenated alkanes) is 20. The van der Waals surface area contributed by atoms with E-state index in [4.69, 9.17) is 9.47 Å². The fourth-order valence-electron chi connectivity index (χ4n) is 10.2. The molecule has 2 rings (SSSR count). The zero-order valence-corrected chi connectivity index (χ0v) is 50.1. The van der Waals surface area contributed by atoms with E-state index in [1.165, 1.54) is 128 Å². The van der Waals surface area contributed by atoms with E-state index in [9.17, 15) is 14.4 Å². The predicted molar refractivity (Wildman–Crippen MR) is 320 cm³/mol. The Balaban J connectivity index is 1.89. The van der Waals surface area contributed by atoms with Crippen molar-refractivity contribution < 1.29 is 23.9 Å². The molecule has 9 heteroatoms. The molecule has 0 amide bonds. The maximum atomic E-state index is 12.7. The Morgan fingerprint density at radius 2 is 0.875 bits per heavy atom. The molecule has 0 saturated carbocycles. The third kappa shape index (κ3) is 31.3. The van der Waals surface area contributed by atoms with E-state index < -0.39 is 8.32 Å². The minimum atomic E-state index is -2.99. The number of hydrogen-bond donors (Lipinski definition) is 2. The first kappa shape index (κ1) is 66.3. The largest absolute Gasteiger partial charge is 0.461 e. The second-order valence-electron chi connectivity index (χ2n) is 21.9.